The zero-order chi connectivity index (χ0) is 19.6. The Bertz CT molecular complexity index is 718. The molecule has 0 N–H and O–H groups in total. The summed E-state index contributed by atoms with van der Waals surface area (Å²) in [6, 6.07) is 18.1. The predicted molar refractivity (Wildman–Crippen MR) is 111 cm³/mol. The van der Waals surface area contributed by atoms with Gasteiger partial charge in [-0.05, 0) is 42.7 Å². The van der Waals surface area contributed by atoms with Gasteiger partial charge in [0.15, 0.2) is 0 Å². The van der Waals surface area contributed by atoms with E-state index in [0.29, 0.717) is 13.0 Å². The second kappa shape index (κ2) is 10.7. The summed E-state index contributed by atoms with van der Waals surface area (Å²) < 4.78 is 10.9. The first-order valence-electron chi connectivity index (χ1n) is 10.1. The zero-order valence-electron chi connectivity index (χ0n) is 16.7. The van der Waals surface area contributed by atoms with Crippen molar-refractivity contribution in [3.05, 3.63) is 60.2 Å². The van der Waals surface area contributed by atoms with Gasteiger partial charge in [-0.1, -0.05) is 30.3 Å². The summed E-state index contributed by atoms with van der Waals surface area (Å²) in [7, 11) is 1.64. The van der Waals surface area contributed by atoms with Crippen LogP contribution in [0.4, 0.5) is 0 Å². The van der Waals surface area contributed by atoms with Gasteiger partial charge in [0.05, 0.1) is 13.7 Å². The van der Waals surface area contributed by atoms with Gasteiger partial charge < -0.3 is 14.4 Å². The van der Waals surface area contributed by atoms with Crippen LogP contribution in [0.2, 0.25) is 0 Å². The Morgan fingerprint density at radius 2 is 1.68 bits per heavy atom. The van der Waals surface area contributed by atoms with Crippen LogP contribution in [0.15, 0.2) is 54.6 Å². The molecule has 3 rings (SSSR count). The highest BCUT2D eigenvalue weighted by molar-refractivity contribution is 5.76. The summed E-state index contributed by atoms with van der Waals surface area (Å²) in [5.41, 5.74) is 1.33. The van der Waals surface area contributed by atoms with Crippen molar-refractivity contribution in [2.24, 2.45) is 0 Å². The monoisotopic (exact) mass is 382 g/mol. The summed E-state index contributed by atoms with van der Waals surface area (Å²) in [4.78, 5) is 17.0. The highest BCUT2D eigenvalue weighted by Gasteiger charge is 2.18. The van der Waals surface area contributed by atoms with Crippen molar-refractivity contribution in [2.45, 2.75) is 25.8 Å². The highest BCUT2D eigenvalue weighted by atomic mass is 16.5. The molecule has 1 amide bonds. The lowest BCUT2D eigenvalue weighted by Gasteiger charge is -2.22. The Morgan fingerprint density at radius 1 is 0.929 bits per heavy atom. The lowest BCUT2D eigenvalue weighted by atomic mass is 10.2. The van der Waals surface area contributed by atoms with Crippen molar-refractivity contribution in [1.82, 2.24) is 9.80 Å². The number of rotatable bonds is 8. The lowest BCUT2D eigenvalue weighted by Crippen LogP contribution is -2.35. The van der Waals surface area contributed by atoms with Crippen molar-refractivity contribution in [3.63, 3.8) is 0 Å². The summed E-state index contributed by atoms with van der Waals surface area (Å²) >= 11 is 0. The minimum absolute atomic E-state index is 0.236. The summed E-state index contributed by atoms with van der Waals surface area (Å²) in [6.45, 7) is 5.14. The van der Waals surface area contributed by atoms with Gasteiger partial charge in [0.25, 0.3) is 0 Å². The van der Waals surface area contributed by atoms with E-state index in [1.165, 1.54) is 5.56 Å². The van der Waals surface area contributed by atoms with Crippen molar-refractivity contribution < 1.29 is 14.3 Å². The van der Waals surface area contributed by atoms with E-state index in [1.54, 1.807) is 7.11 Å². The van der Waals surface area contributed by atoms with E-state index in [0.717, 1.165) is 57.1 Å². The molecule has 0 unspecified atom stereocenters. The van der Waals surface area contributed by atoms with E-state index in [2.05, 4.69) is 29.2 Å². The van der Waals surface area contributed by atoms with E-state index in [-0.39, 0.29) is 5.91 Å². The van der Waals surface area contributed by atoms with Gasteiger partial charge in [0.1, 0.15) is 11.5 Å². The van der Waals surface area contributed by atoms with E-state index in [1.807, 2.05) is 35.2 Å². The van der Waals surface area contributed by atoms with Crippen LogP contribution in [0.3, 0.4) is 0 Å². The topological polar surface area (TPSA) is 42.0 Å². The second-order valence-electron chi connectivity index (χ2n) is 7.12. The maximum Gasteiger partial charge on any atom is 0.222 e. The number of carbonyl (C=O) groups excluding carboxylic acids is 1. The molecule has 1 aliphatic rings. The molecule has 5 nitrogen and oxygen atoms in total. The fourth-order valence-corrected chi connectivity index (χ4v) is 3.46. The third-order valence-corrected chi connectivity index (χ3v) is 5.05. The quantitative estimate of drug-likeness (QED) is 0.655. The molecule has 0 bridgehead atoms. The molecular formula is C23H30N2O3. The molecule has 28 heavy (non-hydrogen) atoms. The van der Waals surface area contributed by atoms with Crippen LogP contribution >= 0.6 is 0 Å². The van der Waals surface area contributed by atoms with Crippen LogP contribution < -0.4 is 9.47 Å². The highest BCUT2D eigenvalue weighted by Crippen LogP contribution is 2.17. The molecule has 150 valence electrons. The summed E-state index contributed by atoms with van der Waals surface area (Å²) in [6.07, 6.45) is 2.30. The Balaban J connectivity index is 1.36. The molecule has 1 aliphatic heterocycles. The number of benzene rings is 2. The van der Waals surface area contributed by atoms with Crippen molar-refractivity contribution in [1.29, 1.82) is 0 Å². The van der Waals surface area contributed by atoms with Crippen LogP contribution in [-0.2, 0) is 11.3 Å². The maximum absolute atomic E-state index is 12.5. The number of nitrogens with zero attached hydrogens (tertiary/aromatic N) is 2. The minimum Gasteiger partial charge on any atom is -0.497 e. The van der Waals surface area contributed by atoms with Gasteiger partial charge >= 0.3 is 0 Å². The number of carbonyl (C=O) groups is 1. The van der Waals surface area contributed by atoms with Crippen molar-refractivity contribution in [2.75, 3.05) is 39.9 Å². The zero-order valence-corrected chi connectivity index (χ0v) is 16.7. The molecular weight excluding hydrogens is 352 g/mol. The van der Waals surface area contributed by atoms with Gasteiger partial charge in [0, 0.05) is 39.1 Å². The van der Waals surface area contributed by atoms with Gasteiger partial charge in [-0.25, -0.2) is 0 Å². The standard InChI is InChI=1S/C23H30N2O3/c1-27-21-10-12-22(13-11-21)28-18-5-9-23(26)25-15-6-14-24(16-17-25)19-20-7-3-2-4-8-20/h2-4,7-8,10-13H,5-6,9,14-19H2,1H3. The third kappa shape index (κ3) is 6.27. The lowest BCUT2D eigenvalue weighted by molar-refractivity contribution is -0.131. The Labute approximate surface area is 167 Å². The summed E-state index contributed by atoms with van der Waals surface area (Å²) in [5.74, 6) is 1.85. The van der Waals surface area contributed by atoms with Gasteiger partial charge in [-0.2, -0.15) is 0 Å². The first-order chi connectivity index (χ1) is 13.7. The first-order valence-corrected chi connectivity index (χ1v) is 10.1. The molecule has 2 aromatic carbocycles. The predicted octanol–water partition coefficient (Wildman–Crippen LogP) is 3.59. The van der Waals surface area contributed by atoms with Crippen LogP contribution in [0, 0.1) is 0 Å². The first kappa shape index (κ1) is 20.2. The van der Waals surface area contributed by atoms with Crippen LogP contribution in [0.1, 0.15) is 24.8 Å². The smallest absolute Gasteiger partial charge is 0.222 e. The summed E-state index contributed by atoms with van der Waals surface area (Å²) in [5, 5.41) is 0. The molecule has 1 fully saturated rings. The fraction of sp³-hybridized carbons (Fsp3) is 0.435. The molecule has 0 saturated carbocycles. The Kier molecular flexibility index (Phi) is 7.73. The van der Waals surface area contributed by atoms with Crippen LogP contribution in [0.25, 0.3) is 0 Å². The number of hydrogen-bond acceptors (Lipinski definition) is 4. The molecule has 0 atom stereocenters. The molecule has 1 heterocycles. The largest absolute Gasteiger partial charge is 0.497 e. The van der Waals surface area contributed by atoms with E-state index >= 15 is 0 Å². The van der Waals surface area contributed by atoms with Crippen molar-refractivity contribution >= 4 is 5.91 Å². The molecule has 0 radical (unpaired) electrons. The molecule has 5 heteroatoms. The average Bonchev–Trinajstić information content (AvgIpc) is 2.98. The Morgan fingerprint density at radius 3 is 2.43 bits per heavy atom. The molecule has 1 saturated heterocycles. The fourth-order valence-electron chi connectivity index (χ4n) is 3.46. The average molecular weight is 383 g/mol. The molecule has 0 aliphatic carbocycles. The van der Waals surface area contributed by atoms with Crippen LogP contribution in [-0.4, -0.2) is 55.6 Å². The molecule has 0 spiro atoms. The number of methoxy groups -OCH3 is 1. The van der Waals surface area contributed by atoms with Crippen LogP contribution in [0.5, 0.6) is 11.5 Å². The number of amides is 1. The maximum atomic E-state index is 12.5. The van der Waals surface area contributed by atoms with Gasteiger partial charge in [-0.15, -0.1) is 0 Å². The number of ether oxygens (including phenoxy) is 2. The van der Waals surface area contributed by atoms with E-state index in [4.69, 9.17) is 9.47 Å². The normalized spacial score (nSPS) is 15.1. The Hall–Kier alpha value is -2.53. The number of hydrogen-bond donors (Lipinski definition) is 0. The second-order valence-corrected chi connectivity index (χ2v) is 7.12. The minimum atomic E-state index is 0.236. The molecule has 0 aromatic heterocycles. The van der Waals surface area contributed by atoms with Gasteiger partial charge in [-0.3, -0.25) is 9.69 Å². The van der Waals surface area contributed by atoms with E-state index < -0.39 is 0 Å². The SMILES string of the molecule is COc1ccc(OCCCC(=O)N2CCCN(Cc3ccccc3)CC2)cc1. The van der Waals surface area contributed by atoms with Gasteiger partial charge in [0.2, 0.25) is 5.91 Å². The van der Waals surface area contributed by atoms with Crippen molar-refractivity contribution in [3.8, 4) is 11.5 Å². The molecule has 2 aromatic rings. The third-order valence-electron chi connectivity index (χ3n) is 5.05. The van der Waals surface area contributed by atoms with E-state index in [9.17, 15) is 4.79 Å².